The average Bonchev–Trinajstić information content (AvgIpc) is 2.59. The van der Waals surface area contributed by atoms with Gasteiger partial charge in [0.15, 0.2) is 11.6 Å². The average molecular weight is 348 g/mol. The Balaban J connectivity index is 1.70. The number of halogens is 3. The van der Waals surface area contributed by atoms with Crippen LogP contribution in [0.25, 0.3) is 0 Å². The van der Waals surface area contributed by atoms with Gasteiger partial charge in [0, 0.05) is 37.5 Å². The molecule has 0 unspecified atom stereocenters. The van der Waals surface area contributed by atoms with Gasteiger partial charge >= 0.3 is 0 Å². The summed E-state index contributed by atoms with van der Waals surface area (Å²) < 4.78 is 40.5. The maximum absolute atomic E-state index is 14.0. The summed E-state index contributed by atoms with van der Waals surface area (Å²) in [5, 5.41) is 0. The highest BCUT2D eigenvalue weighted by molar-refractivity contribution is 5.78. The minimum Gasteiger partial charge on any atom is -0.341 e. The summed E-state index contributed by atoms with van der Waals surface area (Å²) in [6.45, 7) is 0.776. The monoisotopic (exact) mass is 348 g/mol. The Bertz CT molecular complexity index is 767. The van der Waals surface area contributed by atoms with E-state index in [1.165, 1.54) is 0 Å². The van der Waals surface area contributed by atoms with Gasteiger partial charge in [-0.1, -0.05) is 30.3 Å². The van der Waals surface area contributed by atoms with Crippen molar-refractivity contribution >= 4 is 5.91 Å². The molecule has 3 rings (SSSR count). The van der Waals surface area contributed by atoms with E-state index < -0.39 is 29.4 Å². The largest absolute Gasteiger partial charge is 0.341 e. The molecule has 1 fully saturated rings. The fourth-order valence-electron chi connectivity index (χ4n) is 3.24. The molecule has 1 amide bonds. The lowest BCUT2D eigenvalue weighted by atomic mass is 9.85. The lowest BCUT2D eigenvalue weighted by Gasteiger charge is -2.36. The molecule has 0 aliphatic carbocycles. The fraction of sp³-hybridized carbons (Fsp3) is 0.316. The van der Waals surface area contributed by atoms with Crippen LogP contribution in [0, 0.1) is 17.5 Å². The number of carbonyl (C=O) groups is 1. The van der Waals surface area contributed by atoms with Gasteiger partial charge in [-0.2, -0.15) is 0 Å². The summed E-state index contributed by atoms with van der Waals surface area (Å²) in [4.78, 5) is 14.0. The van der Waals surface area contributed by atoms with Crippen molar-refractivity contribution in [2.45, 2.75) is 24.8 Å². The first kappa shape index (κ1) is 17.5. The van der Waals surface area contributed by atoms with Gasteiger partial charge in [0.05, 0.1) is 0 Å². The van der Waals surface area contributed by atoms with Crippen LogP contribution in [-0.4, -0.2) is 29.9 Å². The number of carbonyl (C=O) groups excluding carboxylic acids is 1. The lowest BCUT2D eigenvalue weighted by Crippen LogP contribution is -2.51. The van der Waals surface area contributed by atoms with Crippen molar-refractivity contribution in [3.8, 4) is 0 Å². The van der Waals surface area contributed by atoms with Gasteiger partial charge in [0.25, 0.3) is 0 Å². The van der Waals surface area contributed by atoms with E-state index in [-0.39, 0.29) is 24.4 Å². The van der Waals surface area contributed by atoms with E-state index in [1.807, 2.05) is 30.3 Å². The summed E-state index contributed by atoms with van der Waals surface area (Å²) >= 11 is 0. The third-order valence-corrected chi connectivity index (χ3v) is 4.65. The number of hydrogen-bond donors (Lipinski definition) is 1. The molecular weight excluding hydrogens is 329 g/mol. The second kappa shape index (κ2) is 7.27. The zero-order valence-electron chi connectivity index (χ0n) is 13.6. The molecule has 0 saturated carbocycles. The quantitative estimate of drug-likeness (QED) is 0.864. The van der Waals surface area contributed by atoms with Gasteiger partial charge in [-0.05, 0) is 23.6 Å². The van der Waals surface area contributed by atoms with Crippen molar-refractivity contribution in [1.29, 1.82) is 0 Å². The Morgan fingerprint density at radius 3 is 2.44 bits per heavy atom. The van der Waals surface area contributed by atoms with Crippen molar-refractivity contribution in [3.63, 3.8) is 0 Å². The number of hydrogen-bond acceptors (Lipinski definition) is 2. The van der Waals surface area contributed by atoms with Gasteiger partial charge in [-0.3, -0.25) is 4.79 Å². The van der Waals surface area contributed by atoms with Crippen LogP contribution < -0.4 is 5.73 Å². The number of rotatable bonds is 4. The molecule has 132 valence electrons. The normalized spacial score (nSPS) is 20.8. The molecule has 25 heavy (non-hydrogen) atoms. The number of likely N-dealkylation sites (tertiary alicyclic amines) is 1. The van der Waals surface area contributed by atoms with Gasteiger partial charge in [0.1, 0.15) is 5.82 Å². The molecule has 2 aromatic rings. The fourth-order valence-corrected chi connectivity index (χ4v) is 3.24. The van der Waals surface area contributed by atoms with E-state index in [0.29, 0.717) is 19.0 Å². The lowest BCUT2D eigenvalue weighted by molar-refractivity contribution is -0.134. The van der Waals surface area contributed by atoms with Crippen molar-refractivity contribution in [1.82, 2.24) is 4.90 Å². The first-order chi connectivity index (χ1) is 12.0. The topological polar surface area (TPSA) is 46.3 Å². The molecule has 0 radical (unpaired) electrons. The standard InChI is InChI=1S/C19H19F3N2O/c20-15-10-17(22)16(21)8-13(15)14-9-19(25)24(11-18(14)23)7-6-12-4-2-1-3-5-12/h1-5,8,10,14,18H,6-7,9,11,23H2/t14-,18+/m1/s1. The Hall–Kier alpha value is -2.34. The first-order valence-corrected chi connectivity index (χ1v) is 8.17. The second-order valence-corrected chi connectivity index (χ2v) is 6.34. The minimum absolute atomic E-state index is 0.0159. The Labute approximate surface area is 144 Å². The SMILES string of the molecule is N[C@H]1CN(CCc2ccccc2)C(=O)C[C@@H]1c1cc(F)c(F)cc1F. The van der Waals surface area contributed by atoms with Crippen molar-refractivity contribution < 1.29 is 18.0 Å². The van der Waals surface area contributed by atoms with Crippen LogP contribution in [-0.2, 0) is 11.2 Å². The molecule has 1 saturated heterocycles. The molecule has 1 aliphatic rings. The van der Waals surface area contributed by atoms with Gasteiger partial charge in [-0.25, -0.2) is 13.2 Å². The smallest absolute Gasteiger partial charge is 0.223 e. The number of nitrogens with two attached hydrogens (primary N) is 1. The molecule has 6 heteroatoms. The second-order valence-electron chi connectivity index (χ2n) is 6.34. The maximum atomic E-state index is 14.0. The van der Waals surface area contributed by atoms with Gasteiger partial charge < -0.3 is 10.6 Å². The number of benzene rings is 2. The molecule has 3 nitrogen and oxygen atoms in total. The first-order valence-electron chi connectivity index (χ1n) is 8.17. The van der Waals surface area contributed by atoms with Crippen molar-refractivity contribution in [3.05, 3.63) is 71.0 Å². The predicted octanol–water partition coefficient (Wildman–Crippen LogP) is 2.99. The highest BCUT2D eigenvalue weighted by atomic mass is 19.2. The number of piperidine rings is 1. The minimum atomic E-state index is -1.25. The maximum Gasteiger partial charge on any atom is 0.223 e. The van der Waals surface area contributed by atoms with Crippen molar-refractivity contribution in [2.24, 2.45) is 5.73 Å². The Morgan fingerprint density at radius 2 is 1.72 bits per heavy atom. The summed E-state index contributed by atoms with van der Waals surface area (Å²) in [5.74, 6) is -4.07. The van der Waals surface area contributed by atoms with Crippen LogP contribution in [0.3, 0.4) is 0 Å². The molecule has 0 bridgehead atoms. The predicted molar refractivity (Wildman–Crippen MR) is 88.4 cm³/mol. The van der Waals surface area contributed by atoms with E-state index in [2.05, 4.69) is 0 Å². The van der Waals surface area contributed by atoms with Crippen LogP contribution in [0.1, 0.15) is 23.5 Å². The summed E-state index contributed by atoms with van der Waals surface area (Å²) in [6.07, 6.45) is 0.682. The van der Waals surface area contributed by atoms with E-state index in [1.54, 1.807) is 4.90 Å². The van der Waals surface area contributed by atoms with Crippen LogP contribution in [0.5, 0.6) is 0 Å². The van der Waals surface area contributed by atoms with E-state index in [4.69, 9.17) is 5.73 Å². The highest BCUT2D eigenvalue weighted by Crippen LogP contribution is 2.31. The molecule has 0 spiro atoms. The molecule has 0 aromatic heterocycles. The molecule has 1 heterocycles. The van der Waals surface area contributed by atoms with Crippen LogP contribution >= 0.6 is 0 Å². The van der Waals surface area contributed by atoms with E-state index in [0.717, 1.165) is 11.6 Å². The zero-order valence-corrected chi connectivity index (χ0v) is 13.6. The third-order valence-electron chi connectivity index (χ3n) is 4.65. The molecule has 2 aromatic carbocycles. The van der Waals surface area contributed by atoms with Crippen LogP contribution in [0.15, 0.2) is 42.5 Å². The van der Waals surface area contributed by atoms with Gasteiger partial charge in [0.2, 0.25) is 5.91 Å². The summed E-state index contributed by atoms with van der Waals surface area (Å²) in [7, 11) is 0. The van der Waals surface area contributed by atoms with Crippen LogP contribution in [0.2, 0.25) is 0 Å². The van der Waals surface area contributed by atoms with Gasteiger partial charge in [-0.15, -0.1) is 0 Å². The molecule has 2 atom stereocenters. The van der Waals surface area contributed by atoms with Crippen molar-refractivity contribution in [2.75, 3.05) is 13.1 Å². The Kier molecular flexibility index (Phi) is 5.08. The van der Waals surface area contributed by atoms with E-state index >= 15 is 0 Å². The van der Waals surface area contributed by atoms with Crippen LogP contribution in [0.4, 0.5) is 13.2 Å². The third kappa shape index (κ3) is 3.85. The zero-order chi connectivity index (χ0) is 18.0. The van der Waals surface area contributed by atoms with E-state index in [9.17, 15) is 18.0 Å². The summed E-state index contributed by atoms with van der Waals surface area (Å²) in [6, 6.07) is 10.5. The molecule has 2 N–H and O–H groups in total. The number of nitrogens with zero attached hydrogens (tertiary/aromatic N) is 1. The Morgan fingerprint density at radius 1 is 1.04 bits per heavy atom. The number of amides is 1. The molecular formula is C19H19F3N2O. The molecule has 1 aliphatic heterocycles. The highest BCUT2D eigenvalue weighted by Gasteiger charge is 2.34. The summed E-state index contributed by atoms with van der Waals surface area (Å²) in [5.41, 5.74) is 7.18.